The van der Waals surface area contributed by atoms with Crippen LogP contribution in [0.15, 0.2) is 71.2 Å². The van der Waals surface area contributed by atoms with Crippen molar-refractivity contribution in [3.8, 4) is 12.1 Å². The molecule has 2 fully saturated rings. The van der Waals surface area contributed by atoms with E-state index in [4.69, 9.17) is 0 Å². The van der Waals surface area contributed by atoms with Crippen molar-refractivity contribution in [3.05, 3.63) is 83.6 Å². The summed E-state index contributed by atoms with van der Waals surface area (Å²) in [4.78, 5) is 11.9. The van der Waals surface area contributed by atoms with Crippen LogP contribution in [-0.4, -0.2) is 76.0 Å². The van der Waals surface area contributed by atoms with Crippen LogP contribution in [0.5, 0.6) is 0 Å². The number of aliphatic imine (C=N–C) groups is 1. The van der Waals surface area contributed by atoms with Gasteiger partial charge in [0.2, 0.25) is 0 Å². The van der Waals surface area contributed by atoms with Crippen molar-refractivity contribution in [2.75, 3.05) is 50.7 Å². The number of hydrogen-bond acceptors (Lipinski definition) is 6. The zero-order chi connectivity index (χ0) is 28.8. The second-order valence-corrected chi connectivity index (χ2v) is 11.8. The predicted octanol–water partition coefficient (Wildman–Crippen LogP) is 4.39. The van der Waals surface area contributed by atoms with Gasteiger partial charge in [0.1, 0.15) is 29.0 Å². The average molecular weight is 558 g/mol. The van der Waals surface area contributed by atoms with E-state index in [2.05, 4.69) is 66.1 Å². The lowest BCUT2D eigenvalue weighted by atomic mass is 10.0. The lowest BCUT2D eigenvalue weighted by molar-refractivity contribution is 0.180. The van der Waals surface area contributed by atoms with Gasteiger partial charge in [-0.3, -0.25) is 4.90 Å². The zero-order valence-electron chi connectivity index (χ0n) is 23.6. The van der Waals surface area contributed by atoms with Gasteiger partial charge in [0, 0.05) is 66.0 Å². The molecule has 0 N–H and O–H groups in total. The first-order valence-electron chi connectivity index (χ1n) is 13.6. The molecule has 8 nitrogen and oxygen atoms in total. The minimum Gasteiger partial charge on any atom is -0.368 e. The number of nitrogens with zero attached hydrogens (tertiary/aromatic N) is 7. The number of benzene rings is 2. The first-order valence-corrected chi connectivity index (χ1v) is 14.7. The molecule has 2 aromatic carbocycles. The van der Waals surface area contributed by atoms with Gasteiger partial charge in [0.05, 0.1) is 21.7 Å². The van der Waals surface area contributed by atoms with E-state index < -0.39 is 11.0 Å². The van der Waals surface area contributed by atoms with Crippen LogP contribution < -0.4 is 4.90 Å². The molecule has 0 spiro atoms. The Balaban J connectivity index is 0.00000462. The number of nitriles is 2. The Hall–Kier alpha value is -3.76. The lowest BCUT2D eigenvalue weighted by Crippen LogP contribution is -2.51. The van der Waals surface area contributed by atoms with Crippen LogP contribution in [0, 0.1) is 36.5 Å². The number of piperazine rings is 2. The highest BCUT2D eigenvalue weighted by atomic mass is 32.2. The highest BCUT2D eigenvalue weighted by Crippen LogP contribution is 2.27. The molecule has 2 atom stereocenters. The molecule has 0 amide bonds. The van der Waals surface area contributed by atoms with E-state index in [9.17, 15) is 14.7 Å². The molecule has 0 saturated carbocycles. The third-order valence-corrected chi connectivity index (χ3v) is 9.37. The van der Waals surface area contributed by atoms with Gasteiger partial charge in [0.15, 0.2) is 0 Å². The lowest BCUT2D eigenvalue weighted by Gasteiger charge is -2.41. The van der Waals surface area contributed by atoms with Crippen molar-refractivity contribution in [1.29, 1.82) is 10.5 Å². The van der Waals surface area contributed by atoms with Crippen molar-refractivity contribution in [1.82, 2.24) is 14.1 Å². The van der Waals surface area contributed by atoms with E-state index in [1.807, 2.05) is 40.4 Å². The summed E-state index contributed by atoms with van der Waals surface area (Å²) in [5.41, 5.74) is 5.44. The third-order valence-electron chi connectivity index (χ3n) is 7.72. The Labute approximate surface area is 242 Å². The molecule has 0 aliphatic carbocycles. The molecule has 40 heavy (non-hydrogen) atoms. The maximum atomic E-state index is 13.7. The minimum absolute atomic E-state index is 0. The molecule has 0 radical (unpaired) electrons. The molecule has 2 heterocycles. The second-order valence-electron chi connectivity index (χ2n) is 10.3. The molecule has 0 aromatic heterocycles. The Morgan fingerprint density at radius 2 is 1.85 bits per heavy atom. The van der Waals surface area contributed by atoms with Crippen LogP contribution in [0.2, 0.25) is 0 Å². The van der Waals surface area contributed by atoms with Gasteiger partial charge in [-0.25, -0.2) is 13.5 Å². The van der Waals surface area contributed by atoms with E-state index in [0.29, 0.717) is 49.2 Å². The maximum absolute atomic E-state index is 13.7. The molecule has 0 bridgehead atoms. The van der Waals surface area contributed by atoms with Crippen LogP contribution in [0.25, 0.3) is 0 Å². The monoisotopic (exact) mass is 557 g/mol. The van der Waals surface area contributed by atoms with Gasteiger partial charge in [-0.05, 0) is 55.7 Å². The van der Waals surface area contributed by atoms with Crippen molar-refractivity contribution in [2.45, 2.75) is 38.3 Å². The van der Waals surface area contributed by atoms with Crippen LogP contribution >= 0.6 is 0 Å². The molecule has 2 saturated heterocycles. The molecule has 2 aromatic rings. The maximum Gasteiger partial charge on any atom is 0.145 e. The van der Waals surface area contributed by atoms with Gasteiger partial charge >= 0.3 is 0 Å². The number of rotatable bonds is 7. The SMILES string of the molecule is C=CN=C(C(=C)C#N)N1CCN(S(=O)c2cc(CN3CCN(c4ccccc4C#N)C[C@@H]3C)c(C)cc2C)CC1.[HH]. The van der Waals surface area contributed by atoms with Crippen molar-refractivity contribution in [2.24, 2.45) is 4.99 Å². The fourth-order valence-electron chi connectivity index (χ4n) is 5.44. The smallest absolute Gasteiger partial charge is 0.145 e. The second kappa shape index (κ2) is 13.1. The van der Waals surface area contributed by atoms with Crippen molar-refractivity contribution < 1.29 is 5.64 Å². The first-order chi connectivity index (χ1) is 19.3. The molecule has 1 unspecified atom stereocenters. The van der Waals surface area contributed by atoms with E-state index in [1.54, 1.807) is 0 Å². The minimum atomic E-state index is -1.29. The fourth-order valence-corrected chi connectivity index (χ4v) is 6.79. The van der Waals surface area contributed by atoms with Crippen molar-refractivity contribution >= 4 is 22.5 Å². The van der Waals surface area contributed by atoms with E-state index in [0.717, 1.165) is 42.3 Å². The Morgan fingerprint density at radius 1 is 1.12 bits per heavy atom. The van der Waals surface area contributed by atoms with E-state index in [1.165, 1.54) is 17.3 Å². The topological polar surface area (TPSA) is 90.0 Å². The van der Waals surface area contributed by atoms with E-state index in [-0.39, 0.29) is 1.43 Å². The van der Waals surface area contributed by atoms with Crippen LogP contribution in [0.4, 0.5) is 5.69 Å². The summed E-state index contributed by atoms with van der Waals surface area (Å²) in [6, 6.07) is 16.8. The molecule has 9 heteroatoms. The summed E-state index contributed by atoms with van der Waals surface area (Å²) >= 11 is 0. The summed E-state index contributed by atoms with van der Waals surface area (Å²) in [6.07, 6.45) is 1.42. The quantitative estimate of drug-likeness (QED) is 0.285. The highest BCUT2D eigenvalue weighted by Gasteiger charge is 2.28. The number of amidine groups is 1. The fraction of sp³-hybridized carbons (Fsp3) is 0.387. The third kappa shape index (κ3) is 6.34. The van der Waals surface area contributed by atoms with Gasteiger partial charge in [0.25, 0.3) is 0 Å². The summed E-state index contributed by atoms with van der Waals surface area (Å²) < 4.78 is 15.7. The highest BCUT2D eigenvalue weighted by molar-refractivity contribution is 7.82. The van der Waals surface area contributed by atoms with Gasteiger partial charge in [-0.2, -0.15) is 10.5 Å². The normalized spacial score (nSPS) is 19.5. The molecule has 210 valence electrons. The molecule has 2 aliphatic rings. The summed E-state index contributed by atoms with van der Waals surface area (Å²) in [5.74, 6) is 0.530. The standard InChI is InChI=1S/C31H37N7OS.H2/c1-6-34-31(25(4)19-32)35-13-15-38(16-14-35)40(39)30-18-28(23(2)17-24(30)3)22-36-11-12-37(21-26(36)5)29-10-8-7-9-27(29)20-33;/h6-10,17-18,26H,1,4,11-16,21-22H2,2-3,5H3;1H/t26-,40?;/m0./s1. The number of para-hydroxylation sites is 1. The van der Waals surface area contributed by atoms with E-state index >= 15 is 0 Å². The molecular formula is C31H39N7OS. The van der Waals surface area contributed by atoms with Crippen LogP contribution in [0.3, 0.4) is 0 Å². The number of anilines is 1. The molecular weight excluding hydrogens is 518 g/mol. The summed E-state index contributed by atoms with van der Waals surface area (Å²) in [7, 11) is -1.29. The predicted molar refractivity (Wildman–Crippen MR) is 163 cm³/mol. The Kier molecular flexibility index (Phi) is 9.54. The molecule has 4 rings (SSSR count). The van der Waals surface area contributed by atoms with Gasteiger partial charge in [-0.1, -0.05) is 31.4 Å². The van der Waals surface area contributed by atoms with Crippen molar-refractivity contribution in [3.63, 3.8) is 0 Å². The number of hydrogen-bond donors (Lipinski definition) is 0. The zero-order valence-corrected chi connectivity index (χ0v) is 24.5. The van der Waals surface area contributed by atoms with Gasteiger partial charge < -0.3 is 9.80 Å². The average Bonchev–Trinajstić information content (AvgIpc) is 2.97. The van der Waals surface area contributed by atoms with Gasteiger partial charge in [-0.15, -0.1) is 0 Å². The number of aryl methyl sites for hydroxylation is 2. The van der Waals surface area contributed by atoms with Crippen LogP contribution in [0.1, 0.15) is 30.6 Å². The summed E-state index contributed by atoms with van der Waals surface area (Å²) in [5, 5.41) is 18.8. The Morgan fingerprint density at radius 3 is 2.50 bits per heavy atom. The summed E-state index contributed by atoms with van der Waals surface area (Å²) in [6.45, 7) is 19.6. The first kappa shape index (κ1) is 29.2. The van der Waals surface area contributed by atoms with Crippen LogP contribution in [-0.2, 0) is 17.5 Å². The molecule has 2 aliphatic heterocycles. The Bertz CT molecular complexity index is 1420. The largest absolute Gasteiger partial charge is 0.368 e.